The molecule has 0 radical (unpaired) electrons. The van der Waals surface area contributed by atoms with Crippen molar-refractivity contribution in [2.75, 3.05) is 6.61 Å². The van der Waals surface area contributed by atoms with E-state index in [-0.39, 0.29) is 12.1 Å². The fraction of sp³-hybridized carbons (Fsp3) is 0.400. The molecule has 0 bridgehead atoms. The van der Waals surface area contributed by atoms with Gasteiger partial charge in [0.15, 0.2) is 0 Å². The van der Waals surface area contributed by atoms with Gasteiger partial charge in [0.1, 0.15) is 6.10 Å². The number of pyridine rings is 1. The van der Waals surface area contributed by atoms with E-state index in [2.05, 4.69) is 24.0 Å². The minimum absolute atomic E-state index is 0.0122. The number of hydrogen-bond donors (Lipinski definition) is 1. The minimum Gasteiger partial charge on any atom is -0.371 e. The third-order valence-corrected chi connectivity index (χ3v) is 3.96. The summed E-state index contributed by atoms with van der Waals surface area (Å²) in [5.74, 6) is 0. The number of aromatic nitrogens is 1. The number of hydrogen-bond acceptors (Lipinski definition) is 4. The smallest absolute Gasteiger partial charge is 0.106 e. The number of aryl methyl sites for hydroxylation is 1. The molecule has 0 aromatic carbocycles. The molecule has 0 amide bonds. The highest BCUT2D eigenvalue weighted by molar-refractivity contribution is 7.12. The van der Waals surface area contributed by atoms with Crippen LogP contribution >= 0.6 is 11.3 Å². The molecule has 0 aliphatic heterocycles. The van der Waals surface area contributed by atoms with Crippen molar-refractivity contribution in [1.82, 2.24) is 4.98 Å². The summed E-state index contributed by atoms with van der Waals surface area (Å²) >= 11 is 1.75. The molecule has 0 fully saturated rings. The maximum atomic E-state index is 6.02. The van der Waals surface area contributed by atoms with Gasteiger partial charge in [-0.3, -0.25) is 4.98 Å². The second-order valence-corrected chi connectivity index (χ2v) is 5.99. The van der Waals surface area contributed by atoms with E-state index < -0.39 is 0 Å². The molecule has 2 rings (SSSR count). The molecule has 0 saturated carbocycles. The molecule has 2 heterocycles. The van der Waals surface area contributed by atoms with Gasteiger partial charge < -0.3 is 10.5 Å². The summed E-state index contributed by atoms with van der Waals surface area (Å²) in [6, 6.07) is 10.1. The number of nitrogens with zero attached hydrogens (tertiary/aromatic N) is 1. The Morgan fingerprint density at radius 3 is 2.74 bits per heavy atom. The summed E-state index contributed by atoms with van der Waals surface area (Å²) in [4.78, 5) is 6.78. The van der Waals surface area contributed by atoms with E-state index in [1.165, 1.54) is 9.75 Å². The van der Waals surface area contributed by atoms with E-state index in [0.29, 0.717) is 6.61 Å². The lowest BCUT2D eigenvalue weighted by Crippen LogP contribution is -2.27. The lowest BCUT2D eigenvalue weighted by molar-refractivity contribution is 0.0424. The SMILES string of the molecule is Cc1ccc(C(OCCc2ccccn2)C(C)N)s1. The Labute approximate surface area is 118 Å². The van der Waals surface area contributed by atoms with Gasteiger partial charge in [-0.25, -0.2) is 0 Å². The average molecular weight is 276 g/mol. The lowest BCUT2D eigenvalue weighted by atomic mass is 10.1. The van der Waals surface area contributed by atoms with E-state index >= 15 is 0 Å². The molecule has 0 aliphatic rings. The second kappa shape index (κ2) is 6.80. The zero-order valence-electron chi connectivity index (χ0n) is 11.4. The Kier molecular flexibility index (Phi) is 5.07. The predicted molar refractivity (Wildman–Crippen MR) is 79.3 cm³/mol. The van der Waals surface area contributed by atoms with Gasteiger partial charge in [-0.2, -0.15) is 0 Å². The third-order valence-electron chi connectivity index (χ3n) is 2.90. The van der Waals surface area contributed by atoms with E-state index in [9.17, 15) is 0 Å². The second-order valence-electron chi connectivity index (χ2n) is 4.67. The van der Waals surface area contributed by atoms with Crippen molar-refractivity contribution in [2.45, 2.75) is 32.4 Å². The highest BCUT2D eigenvalue weighted by atomic mass is 32.1. The van der Waals surface area contributed by atoms with Crippen LogP contribution in [0.15, 0.2) is 36.5 Å². The number of ether oxygens (including phenoxy) is 1. The summed E-state index contributed by atoms with van der Waals surface area (Å²) in [5.41, 5.74) is 7.07. The molecule has 0 saturated heterocycles. The van der Waals surface area contributed by atoms with Gasteiger partial charge in [0.2, 0.25) is 0 Å². The van der Waals surface area contributed by atoms with Crippen LogP contribution in [0.25, 0.3) is 0 Å². The summed E-state index contributed by atoms with van der Waals surface area (Å²) < 4.78 is 5.95. The monoisotopic (exact) mass is 276 g/mol. The van der Waals surface area contributed by atoms with Crippen LogP contribution < -0.4 is 5.73 Å². The van der Waals surface area contributed by atoms with Gasteiger partial charge in [0, 0.05) is 34.1 Å². The van der Waals surface area contributed by atoms with Gasteiger partial charge in [-0.15, -0.1) is 11.3 Å². The zero-order valence-corrected chi connectivity index (χ0v) is 12.2. The summed E-state index contributed by atoms with van der Waals surface area (Å²) in [5, 5.41) is 0. The molecule has 102 valence electrons. The van der Waals surface area contributed by atoms with E-state index in [4.69, 9.17) is 10.5 Å². The Balaban J connectivity index is 1.91. The molecule has 3 nitrogen and oxygen atoms in total. The first-order chi connectivity index (χ1) is 9.16. The molecule has 4 heteroatoms. The van der Waals surface area contributed by atoms with Crippen molar-refractivity contribution in [1.29, 1.82) is 0 Å². The molecule has 2 aromatic rings. The van der Waals surface area contributed by atoms with Gasteiger partial charge in [0.05, 0.1) is 6.61 Å². The van der Waals surface area contributed by atoms with Crippen LogP contribution in [0.4, 0.5) is 0 Å². The van der Waals surface area contributed by atoms with Crippen LogP contribution in [-0.4, -0.2) is 17.6 Å². The van der Waals surface area contributed by atoms with Gasteiger partial charge in [0.25, 0.3) is 0 Å². The molecule has 19 heavy (non-hydrogen) atoms. The van der Waals surface area contributed by atoms with Crippen molar-refractivity contribution < 1.29 is 4.74 Å². The van der Waals surface area contributed by atoms with Crippen molar-refractivity contribution in [3.63, 3.8) is 0 Å². The fourth-order valence-electron chi connectivity index (χ4n) is 1.94. The first kappa shape index (κ1) is 14.2. The summed E-state index contributed by atoms with van der Waals surface area (Å²) in [6.07, 6.45) is 2.59. The predicted octanol–water partition coefficient (Wildman–Crippen LogP) is 3.10. The molecule has 2 N–H and O–H groups in total. The Bertz CT molecular complexity index is 496. The van der Waals surface area contributed by atoms with E-state index in [1.807, 2.05) is 25.1 Å². The molecular weight excluding hydrogens is 256 g/mol. The normalized spacial score (nSPS) is 14.3. The molecule has 2 aromatic heterocycles. The minimum atomic E-state index is -0.0255. The number of thiophene rings is 1. The van der Waals surface area contributed by atoms with E-state index in [1.54, 1.807) is 17.5 Å². The quantitative estimate of drug-likeness (QED) is 0.882. The highest BCUT2D eigenvalue weighted by Crippen LogP contribution is 2.27. The van der Waals surface area contributed by atoms with E-state index in [0.717, 1.165) is 12.1 Å². The lowest BCUT2D eigenvalue weighted by Gasteiger charge is -2.20. The van der Waals surface area contributed by atoms with Crippen LogP contribution in [-0.2, 0) is 11.2 Å². The van der Waals surface area contributed by atoms with Crippen LogP contribution in [0.1, 0.15) is 28.5 Å². The van der Waals surface area contributed by atoms with Crippen molar-refractivity contribution in [3.8, 4) is 0 Å². The summed E-state index contributed by atoms with van der Waals surface area (Å²) in [7, 11) is 0. The average Bonchev–Trinajstić information content (AvgIpc) is 2.82. The molecule has 0 spiro atoms. The van der Waals surface area contributed by atoms with Gasteiger partial charge >= 0.3 is 0 Å². The Morgan fingerprint density at radius 2 is 2.16 bits per heavy atom. The largest absolute Gasteiger partial charge is 0.371 e. The molecule has 2 atom stereocenters. The number of nitrogens with two attached hydrogens (primary N) is 1. The highest BCUT2D eigenvalue weighted by Gasteiger charge is 2.18. The van der Waals surface area contributed by atoms with Gasteiger partial charge in [-0.05, 0) is 38.1 Å². The summed E-state index contributed by atoms with van der Waals surface area (Å²) in [6.45, 7) is 4.72. The van der Waals surface area contributed by atoms with Gasteiger partial charge in [-0.1, -0.05) is 6.07 Å². The molecule has 0 aliphatic carbocycles. The maximum Gasteiger partial charge on any atom is 0.106 e. The maximum absolute atomic E-state index is 6.02. The third kappa shape index (κ3) is 4.13. The Hall–Kier alpha value is -1.23. The molecular formula is C15H20N2OS. The van der Waals surface area contributed by atoms with Crippen molar-refractivity contribution in [3.05, 3.63) is 52.0 Å². The Morgan fingerprint density at radius 1 is 1.32 bits per heavy atom. The first-order valence-electron chi connectivity index (χ1n) is 6.50. The first-order valence-corrected chi connectivity index (χ1v) is 7.32. The zero-order chi connectivity index (χ0) is 13.7. The van der Waals surface area contributed by atoms with Crippen LogP contribution in [0, 0.1) is 6.92 Å². The topological polar surface area (TPSA) is 48.1 Å². The molecule has 2 unspecified atom stereocenters. The number of rotatable bonds is 6. The van der Waals surface area contributed by atoms with Crippen LogP contribution in [0.5, 0.6) is 0 Å². The van der Waals surface area contributed by atoms with Crippen LogP contribution in [0.3, 0.4) is 0 Å². The fourth-order valence-corrected chi connectivity index (χ4v) is 2.98. The van der Waals surface area contributed by atoms with Crippen molar-refractivity contribution in [2.24, 2.45) is 5.73 Å². The standard InChI is InChI=1S/C15H20N2OS/c1-11-6-7-14(19-11)15(12(2)16)18-10-8-13-5-3-4-9-17-13/h3-7,9,12,15H,8,10,16H2,1-2H3. The van der Waals surface area contributed by atoms with Crippen molar-refractivity contribution >= 4 is 11.3 Å². The van der Waals surface area contributed by atoms with Crippen LogP contribution in [0.2, 0.25) is 0 Å².